The lowest BCUT2D eigenvalue weighted by Gasteiger charge is -2.22. The van der Waals surface area contributed by atoms with Crippen molar-refractivity contribution in [2.75, 3.05) is 4.31 Å². The largest absolute Gasteiger partial charge is 0.434 e. The van der Waals surface area contributed by atoms with Gasteiger partial charge < -0.3 is 9.15 Å². The molecule has 0 bridgehead atoms. The van der Waals surface area contributed by atoms with Crippen LogP contribution in [-0.2, 0) is 10.0 Å². The van der Waals surface area contributed by atoms with Gasteiger partial charge in [0.25, 0.3) is 10.0 Å². The van der Waals surface area contributed by atoms with Crippen LogP contribution in [0.2, 0.25) is 0 Å². The van der Waals surface area contributed by atoms with E-state index in [1.165, 1.54) is 30.3 Å². The Morgan fingerprint density at radius 1 is 1.00 bits per heavy atom. The van der Waals surface area contributed by atoms with E-state index in [1.807, 2.05) is 6.92 Å². The van der Waals surface area contributed by atoms with Crippen molar-refractivity contribution in [3.8, 4) is 5.75 Å². The monoisotopic (exact) mass is 441 g/mol. The van der Waals surface area contributed by atoms with E-state index in [-0.39, 0.29) is 16.3 Å². The van der Waals surface area contributed by atoms with Crippen LogP contribution in [0, 0.1) is 6.92 Å². The van der Waals surface area contributed by atoms with Crippen molar-refractivity contribution in [1.82, 2.24) is 0 Å². The molecule has 0 radical (unpaired) electrons. The van der Waals surface area contributed by atoms with Gasteiger partial charge >= 0.3 is 11.0 Å². The summed E-state index contributed by atoms with van der Waals surface area (Å²) >= 11 is 0.812. The molecule has 152 valence electrons. The average Bonchev–Trinajstić information content (AvgIpc) is 3.08. The number of rotatable bonds is 4. The number of carbonyl (C=O) groups is 1. The van der Waals surface area contributed by atoms with E-state index in [4.69, 9.17) is 9.15 Å². The summed E-state index contributed by atoms with van der Waals surface area (Å²) in [6.45, 7) is 1.83. The molecule has 1 amide bonds. The molecule has 0 saturated heterocycles. The molecule has 0 spiro atoms. The van der Waals surface area contributed by atoms with Gasteiger partial charge in [-0.15, -0.1) is 0 Å². The molecule has 0 N–H and O–H groups in total. The minimum Gasteiger partial charge on any atom is -0.414 e. The summed E-state index contributed by atoms with van der Waals surface area (Å²) in [5, 5.41) is 0. The van der Waals surface area contributed by atoms with Gasteiger partial charge in [-0.25, -0.2) is 18.0 Å². The summed E-state index contributed by atoms with van der Waals surface area (Å²) in [5.41, 5.74) is 1.20. The third kappa shape index (κ3) is 3.85. The van der Waals surface area contributed by atoms with Crippen LogP contribution in [0.1, 0.15) is 5.56 Å². The van der Waals surface area contributed by atoms with E-state index in [2.05, 4.69) is 0 Å². The molecule has 3 aromatic carbocycles. The van der Waals surface area contributed by atoms with Crippen LogP contribution in [0.3, 0.4) is 0 Å². The maximum atomic E-state index is 13.4. The first-order valence-corrected chi connectivity index (χ1v) is 11.0. The van der Waals surface area contributed by atoms with E-state index in [0.717, 1.165) is 16.9 Å². The molecule has 7 nitrogen and oxygen atoms in total. The highest BCUT2D eigenvalue weighted by molar-refractivity contribution is 7.93. The number of anilines is 1. The van der Waals surface area contributed by atoms with Crippen molar-refractivity contribution in [3.05, 3.63) is 88.1 Å². The number of ether oxygens (including phenoxy) is 1. The standard InChI is InChI=1S/C21H15NO6S2/c1-14-7-10-17(11-8-14)30(25,26)22(20(23)27-16-5-3-2-4-6-16)15-9-12-18-19(13-15)29-21(24)28-18/h2-13H,1H3. The van der Waals surface area contributed by atoms with Gasteiger partial charge in [0.05, 0.1) is 15.3 Å². The predicted octanol–water partition coefficient (Wildman–Crippen LogP) is 4.56. The molecule has 0 aliphatic rings. The third-order valence-electron chi connectivity index (χ3n) is 4.22. The Labute approximate surface area is 175 Å². The number of carbonyl (C=O) groups excluding carboxylic acids is 1. The molecule has 4 aromatic rings. The molecule has 4 rings (SSSR count). The summed E-state index contributed by atoms with van der Waals surface area (Å²) in [6, 6.07) is 18.5. The molecule has 1 heterocycles. The van der Waals surface area contributed by atoms with Crippen LogP contribution < -0.4 is 14.0 Å². The molecule has 0 unspecified atom stereocenters. The molecular weight excluding hydrogens is 426 g/mol. The highest BCUT2D eigenvalue weighted by Gasteiger charge is 2.33. The maximum Gasteiger partial charge on any atom is 0.434 e. The number of sulfonamides is 1. The molecule has 0 aliphatic heterocycles. The summed E-state index contributed by atoms with van der Waals surface area (Å²) < 4.78 is 38.0. The summed E-state index contributed by atoms with van der Waals surface area (Å²) in [4.78, 5) is 23.9. The first-order chi connectivity index (χ1) is 14.3. The molecule has 9 heteroatoms. The van der Waals surface area contributed by atoms with Crippen molar-refractivity contribution < 1.29 is 22.4 Å². The number of aryl methyl sites for hydroxylation is 1. The van der Waals surface area contributed by atoms with Crippen LogP contribution in [0.15, 0.2) is 86.9 Å². The lowest BCUT2D eigenvalue weighted by molar-refractivity contribution is 0.211. The van der Waals surface area contributed by atoms with E-state index in [9.17, 15) is 18.0 Å². The summed E-state index contributed by atoms with van der Waals surface area (Å²) in [6.07, 6.45) is -1.10. The Bertz CT molecular complexity index is 1370. The van der Waals surface area contributed by atoms with Crippen molar-refractivity contribution in [3.63, 3.8) is 0 Å². The molecule has 0 fully saturated rings. The lowest BCUT2D eigenvalue weighted by atomic mass is 10.2. The normalized spacial score (nSPS) is 11.4. The Balaban J connectivity index is 1.83. The molecular formula is C21H15NO6S2. The highest BCUT2D eigenvalue weighted by atomic mass is 32.2. The zero-order valence-corrected chi connectivity index (χ0v) is 17.3. The van der Waals surface area contributed by atoms with E-state index in [0.29, 0.717) is 14.6 Å². The topological polar surface area (TPSA) is 93.9 Å². The van der Waals surface area contributed by atoms with Crippen molar-refractivity contribution >= 4 is 43.4 Å². The Morgan fingerprint density at radius 3 is 2.40 bits per heavy atom. The first kappa shape index (κ1) is 19.9. The van der Waals surface area contributed by atoms with Gasteiger partial charge in [-0.3, -0.25) is 0 Å². The second kappa shape index (κ2) is 7.77. The average molecular weight is 441 g/mol. The SMILES string of the molecule is Cc1ccc(S(=O)(=O)N(C(=O)Oc2ccccc2)c2ccc3oc(=O)sc3c2)cc1. The minimum atomic E-state index is -4.30. The van der Waals surface area contributed by atoms with Crippen LogP contribution in [-0.4, -0.2) is 14.5 Å². The van der Waals surface area contributed by atoms with Crippen LogP contribution in [0.25, 0.3) is 10.3 Å². The van der Waals surface area contributed by atoms with Crippen LogP contribution in [0.4, 0.5) is 10.5 Å². The Hall–Kier alpha value is -3.43. The summed E-state index contributed by atoms with van der Waals surface area (Å²) in [7, 11) is -4.30. The van der Waals surface area contributed by atoms with Crippen LogP contribution in [0.5, 0.6) is 5.75 Å². The minimum absolute atomic E-state index is 0.0288. The van der Waals surface area contributed by atoms with Gasteiger partial charge in [0, 0.05) is 0 Å². The molecule has 30 heavy (non-hydrogen) atoms. The van der Waals surface area contributed by atoms with Gasteiger partial charge in [0.1, 0.15) is 11.3 Å². The fourth-order valence-corrected chi connectivity index (χ4v) is 4.79. The van der Waals surface area contributed by atoms with Crippen LogP contribution >= 0.6 is 11.3 Å². The number of fused-ring (bicyclic) bond motifs is 1. The van der Waals surface area contributed by atoms with E-state index >= 15 is 0 Å². The van der Waals surface area contributed by atoms with Crippen molar-refractivity contribution in [2.24, 2.45) is 0 Å². The van der Waals surface area contributed by atoms with Gasteiger partial charge in [-0.05, 0) is 49.4 Å². The highest BCUT2D eigenvalue weighted by Crippen LogP contribution is 2.30. The number of nitrogens with zero attached hydrogens (tertiary/aromatic N) is 1. The number of hydrogen-bond donors (Lipinski definition) is 0. The zero-order valence-electron chi connectivity index (χ0n) is 15.6. The van der Waals surface area contributed by atoms with Gasteiger partial charge in [-0.1, -0.05) is 47.2 Å². The van der Waals surface area contributed by atoms with Crippen molar-refractivity contribution in [2.45, 2.75) is 11.8 Å². The Kier molecular flexibility index (Phi) is 5.15. The van der Waals surface area contributed by atoms with Gasteiger partial charge in [0.2, 0.25) is 0 Å². The molecule has 1 aromatic heterocycles. The number of benzene rings is 3. The maximum absolute atomic E-state index is 13.4. The zero-order chi connectivity index (χ0) is 21.3. The lowest BCUT2D eigenvalue weighted by Crippen LogP contribution is -2.39. The number of amides is 1. The predicted molar refractivity (Wildman–Crippen MR) is 114 cm³/mol. The third-order valence-corrected chi connectivity index (χ3v) is 6.72. The molecule has 0 saturated carbocycles. The molecule has 0 aliphatic carbocycles. The Morgan fingerprint density at radius 2 is 1.70 bits per heavy atom. The van der Waals surface area contributed by atoms with Gasteiger partial charge in [0.15, 0.2) is 0 Å². The van der Waals surface area contributed by atoms with E-state index < -0.39 is 21.1 Å². The number of para-hydroxylation sites is 1. The smallest absolute Gasteiger partial charge is 0.414 e. The number of hydrogen-bond acceptors (Lipinski definition) is 7. The fourth-order valence-electron chi connectivity index (χ4n) is 2.78. The second-order valence-electron chi connectivity index (χ2n) is 6.35. The second-order valence-corrected chi connectivity index (χ2v) is 9.11. The first-order valence-electron chi connectivity index (χ1n) is 8.77. The fraction of sp³-hybridized carbons (Fsp3) is 0.0476. The van der Waals surface area contributed by atoms with Crippen molar-refractivity contribution in [1.29, 1.82) is 0 Å². The quantitative estimate of drug-likeness (QED) is 0.461. The molecule has 0 atom stereocenters. The van der Waals surface area contributed by atoms with E-state index in [1.54, 1.807) is 42.5 Å². The summed E-state index contributed by atoms with van der Waals surface area (Å²) in [5.74, 6) is 0.195. The van der Waals surface area contributed by atoms with Gasteiger partial charge in [-0.2, -0.15) is 4.31 Å².